The van der Waals surface area contributed by atoms with E-state index in [0.717, 1.165) is 11.3 Å². The van der Waals surface area contributed by atoms with Crippen LogP contribution >= 0.6 is 0 Å². The van der Waals surface area contributed by atoms with Gasteiger partial charge in [-0.3, -0.25) is 5.32 Å². The van der Waals surface area contributed by atoms with E-state index in [1.807, 2.05) is 25.1 Å². The minimum Gasteiger partial charge on any atom is -0.459 e. The first-order valence-electron chi connectivity index (χ1n) is 5.85. The van der Waals surface area contributed by atoms with Gasteiger partial charge in [0.25, 0.3) is 0 Å². The summed E-state index contributed by atoms with van der Waals surface area (Å²) in [5.74, 6) is 6.88. The van der Waals surface area contributed by atoms with Crippen molar-refractivity contribution < 1.29 is 4.42 Å². The Bertz CT molecular complexity index is 571. The molecule has 0 aliphatic rings. The molecule has 1 atom stereocenters. The van der Waals surface area contributed by atoms with Crippen molar-refractivity contribution in [1.82, 2.24) is 5.32 Å². The molecule has 1 aromatic carbocycles. The number of hydrogen-bond donors (Lipinski definition) is 1. The monoisotopic (exact) mass is 227 g/mol. The Labute approximate surface area is 102 Å². The molecular formula is C15H17NO. The van der Waals surface area contributed by atoms with E-state index in [1.165, 1.54) is 10.9 Å². The Morgan fingerprint density at radius 2 is 2.12 bits per heavy atom. The van der Waals surface area contributed by atoms with Crippen molar-refractivity contribution in [3.05, 3.63) is 35.6 Å². The molecule has 17 heavy (non-hydrogen) atoms. The average Bonchev–Trinajstić information content (AvgIpc) is 2.68. The van der Waals surface area contributed by atoms with Crippen molar-refractivity contribution in [2.75, 3.05) is 6.54 Å². The summed E-state index contributed by atoms with van der Waals surface area (Å²) >= 11 is 0. The second kappa shape index (κ2) is 5.07. The first kappa shape index (κ1) is 11.8. The number of nitrogens with one attached hydrogen (secondary N) is 1. The summed E-state index contributed by atoms with van der Waals surface area (Å²) in [6, 6.07) is 8.31. The summed E-state index contributed by atoms with van der Waals surface area (Å²) in [5, 5.41) is 4.53. The lowest BCUT2D eigenvalue weighted by Gasteiger charge is -2.09. The Balaban J connectivity index is 2.27. The van der Waals surface area contributed by atoms with Crippen molar-refractivity contribution in [2.45, 2.75) is 26.8 Å². The summed E-state index contributed by atoms with van der Waals surface area (Å²) in [5.41, 5.74) is 2.17. The van der Waals surface area contributed by atoms with Crippen LogP contribution in [0.4, 0.5) is 0 Å². The lowest BCUT2D eigenvalue weighted by atomic mass is 10.1. The molecule has 88 valence electrons. The van der Waals surface area contributed by atoms with Gasteiger partial charge in [0.05, 0.1) is 12.6 Å². The molecule has 2 nitrogen and oxygen atoms in total. The van der Waals surface area contributed by atoms with Crippen molar-refractivity contribution in [3.63, 3.8) is 0 Å². The predicted molar refractivity (Wildman–Crippen MR) is 70.8 cm³/mol. The molecule has 0 aliphatic heterocycles. The zero-order valence-corrected chi connectivity index (χ0v) is 10.5. The third-order valence-electron chi connectivity index (χ3n) is 2.95. The number of para-hydroxylation sites is 1. The summed E-state index contributed by atoms with van der Waals surface area (Å²) in [7, 11) is 0. The maximum atomic E-state index is 5.88. The van der Waals surface area contributed by atoms with Crippen molar-refractivity contribution in [3.8, 4) is 11.8 Å². The Hall–Kier alpha value is -1.72. The molecule has 1 heterocycles. The fourth-order valence-electron chi connectivity index (χ4n) is 1.99. The molecule has 0 saturated carbocycles. The fraction of sp³-hybridized carbons (Fsp3) is 0.333. The normalized spacial score (nSPS) is 12.2. The summed E-state index contributed by atoms with van der Waals surface area (Å²) in [6.07, 6.45) is 0. The highest BCUT2D eigenvalue weighted by molar-refractivity contribution is 5.82. The van der Waals surface area contributed by atoms with E-state index >= 15 is 0 Å². The van der Waals surface area contributed by atoms with E-state index in [1.54, 1.807) is 0 Å². The molecule has 1 N–H and O–H groups in total. The molecule has 0 spiro atoms. The Morgan fingerprint density at radius 3 is 2.82 bits per heavy atom. The maximum absolute atomic E-state index is 5.88. The highest BCUT2D eigenvalue weighted by Crippen LogP contribution is 2.28. The van der Waals surface area contributed by atoms with Gasteiger partial charge in [-0.2, -0.15) is 0 Å². The number of furan rings is 1. The molecule has 1 unspecified atom stereocenters. The molecule has 0 bridgehead atoms. The van der Waals surface area contributed by atoms with Crippen LogP contribution in [-0.2, 0) is 0 Å². The van der Waals surface area contributed by atoms with Crippen LogP contribution in [0.3, 0.4) is 0 Å². The number of aryl methyl sites for hydroxylation is 1. The average molecular weight is 227 g/mol. The van der Waals surface area contributed by atoms with Gasteiger partial charge in [-0.15, -0.1) is 5.92 Å². The number of rotatable bonds is 3. The van der Waals surface area contributed by atoms with Crippen molar-refractivity contribution in [1.29, 1.82) is 0 Å². The van der Waals surface area contributed by atoms with E-state index in [9.17, 15) is 0 Å². The topological polar surface area (TPSA) is 25.2 Å². The first-order valence-corrected chi connectivity index (χ1v) is 5.85. The predicted octanol–water partition coefficient (Wildman–Crippen LogP) is 3.42. The molecule has 2 aromatic rings. The molecule has 2 rings (SSSR count). The largest absolute Gasteiger partial charge is 0.459 e. The van der Waals surface area contributed by atoms with Gasteiger partial charge in [0, 0.05) is 5.39 Å². The van der Waals surface area contributed by atoms with Gasteiger partial charge in [-0.25, -0.2) is 0 Å². The van der Waals surface area contributed by atoms with Crippen LogP contribution < -0.4 is 5.32 Å². The summed E-state index contributed by atoms with van der Waals surface area (Å²) < 4.78 is 5.88. The fourth-order valence-corrected chi connectivity index (χ4v) is 1.99. The number of benzene rings is 1. The SMILES string of the molecule is CC#CCNC(C)c1oc2ccccc2c1C. The molecule has 0 fully saturated rings. The van der Waals surface area contributed by atoms with Crippen LogP contribution in [0.2, 0.25) is 0 Å². The molecule has 0 aliphatic carbocycles. The number of fused-ring (bicyclic) bond motifs is 1. The lowest BCUT2D eigenvalue weighted by molar-refractivity contribution is 0.463. The number of hydrogen-bond acceptors (Lipinski definition) is 2. The Kier molecular flexibility index (Phi) is 3.51. The third kappa shape index (κ3) is 2.35. The van der Waals surface area contributed by atoms with Crippen LogP contribution in [0.5, 0.6) is 0 Å². The quantitative estimate of drug-likeness (QED) is 0.813. The summed E-state index contributed by atoms with van der Waals surface area (Å²) in [6.45, 7) is 6.74. The van der Waals surface area contributed by atoms with E-state index < -0.39 is 0 Å². The lowest BCUT2D eigenvalue weighted by Crippen LogP contribution is -2.18. The summed E-state index contributed by atoms with van der Waals surface area (Å²) in [4.78, 5) is 0. The van der Waals surface area contributed by atoms with Crippen molar-refractivity contribution >= 4 is 11.0 Å². The van der Waals surface area contributed by atoms with Crippen LogP contribution in [0.15, 0.2) is 28.7 Å². The van der Waals surface area contributed by atoms with Gasteiger partial charge in [-0.1, -0.05) is 24.1 Å². The van der Waals surface area contributed by atoms with Crippen LogP contribution in [-0.4, -0.2) is 6.54 Å². The van der Waals surface area contributed by atoms with Gasteiger partial charge in [0.1, 0.15) is 11.3 Å². The zero-order chi connectivity index (χ0) is 12.3. The van der Waals surface area contributed by atoms with Crippen LogP contribution in [0.1, 0.15) is 31.2 Å². The minimum atomic E-state index is 0.184. The van der Waals surface area contributed by atoms with E-state index in [0.29, 0.717) is 6.54 Å². The van der Waals surface area contributed by atoms with Crippen LogP contribution in [0, 0.1) is 18.8 Å². The van der Waals surface area contributed by atoms with Gasteiger partial charge in [0.15, 0.2) is 0 Å². The first-order chi connectivity index (χ1) is 8.24. The smallest absolute Gasteiger partial charge is 0.134 e. The van der Waals surface area contributed by atoms with Crippen molar-refractivity contribution in [2.24, 2.45) is 0 Å². The molecule has 0 saturated heterocycles. The second-order valence-corrected chi connectivity index (χ2v) is 4.12. The molecular weight excluding hydrogens is 210 g/mol. The van der Waals surface area contributed by atoms with Gasteiger partial charge >= 0.3 is 0 Å². The van der Waals surface area contributed by atoms with Gasteiger partial charge in [-0.05, 0) is 32.4 Å². The standard InChI is InChI=1S/C15H17NO/c1-4-5-10-16-12(3)15-11(2)13-8-6-7-9-14(13)17-15/h6-9,12,16H,10H2,1-3H3. The van der Waals surface area contributed by atoms with E-state index in [2.05, 4.69) is 37.1 Å². The highest BCUT2D eigenvalue weighted by atomic mass is 16.3. The molecule has 2 heteroatoms. The van der Waals surface area contributed by atoms with E-state index in [-0.39, 0.29) is 6.04 Å². The molecule has 0 radical (unpaired) electrons. The molecule has 1 aromatic heterocycles. The zero-order valence-electron chi connectivity index (χ0n) is 10.5. The Morgan fingerprint density at radius 1 is 1.35 bits per heavy atom. The minimum absolute atomic E-state index is 0.184. The third-order valence-corrected chi connectivity index (χ3v) is 2.95. The molecule has 0 amide bonds. The van der Waals surface area contributed by atoms with Gasteiger partial charge in [0.2, 0.25) is 0 Å². The highest BCUT2D eigenvalue weighted by Gasteiger charge is 2.15. The second-order valence-electron chi connectivity index (χ2n) is 4.12. The van der Waals surface area contributed by atoms with E-state index in [4.69, 9.17) is 4.42 Å². The van der Waals surface area contributed by atoms with Crippen LogP contribution in [0.25, 0.3) is 11.0 Å². The van der Waals surface area contributed by atoms with Gasteiger partial charge < -0.3 is 4.42 Å². The maximum Gasteiger partial charge on any atom is 0.134 e.